The molecule has 0 saturated heterocycles. The van der Waals surface area contributed by atoms with Crippen LogP contribution in [0.25, 0.3) is 0 Å². The van der Waals surface area contributed by atoms with Crippen LogP contribution in [0.3, 0.4) is 0 Å². The first kappa shape index (κ1) is 15.0. The summed E-state index contributed by atoms with van der Waals surface area (Å²) in [5, 5.41) is 3.12. The second-order valence-electron chi connectivity index (χ2n) is 3.84. The van der Waals surface area contributed by atoms with Gasteiger partial charge in [-0.05, 0) is 30.2 Å². The van der Waals surface area contributed by atoms with Crippen LogP contribution in [0.4, 0.5) is 8.78 Å². The minimum Gasteiger partial charge on any atom is -0.383 e. The van der Waals surface area contributed by atoms with Gasteiger partial charge in [0, 0.05) is 20.2 Å². The molecule has 5 heteroatoms. The molecule has 0 atom stereocenters. The number of hydrogen-bond donors (Lipinski definition) is 1. The SMILES string of the molecule is COCCNCCOCCc1cc(F)ccc1F. The summed E-state index contributed by atoms with van der Waals surface area (Å²) in [4.78, 5) is 0. The third-order valence-electron chi connectivity index (χ3n) is 2.43. The number of ether oxygens (including phenoxy) is 2. The van der Waals surface area contributed by atoms with Crippen LogP contribution in [-0.2, 0) is 15.9 Å². The van der Waals surface area contributed by atoms with Gasteiger partial charge >= 0.3 is 0 Å². The van der Waals surface area contributed by atoms with Crippen LogP contribution >= 0.6 is 0 Å². The Balaban J connectivity index is 2.09. The zero-order chi connectivity index (χ0) is 13.2. The Labute approximate surface area is 106 Å². The van der Waals surface area contributed by atoms with Crippen molar-refractivity contribution in [2.45, 2.75) is 6.42 Å². The topological polar surface area (TPSA) is 30.5 Å². The molecule has 0 heterocycles. The van der Waals surface area contributed by atoms with E-state index in [-0.39, 0.29) is 0 Å². The van der Waals surface area contributed by atoms with Crippen molar-refractivity contribution in [1.82, 2.24) is 5.32 Å². The summed E-state index contributed by atoms with van der Waals surface area (Å²) in [7, 11) is 1.64. The highest BCUT2D eigenvalue weighted by Crippen LogP contribution is 2.10. The number of methoxy groups -OCH3 is 1. The Kier molecular flexibility index (Phi) is 7.48. The Hall–Kier alpha value is -1.04. The summed E-state index contributed by atoms with van der Waals surface area (Å²) >= 11 is 0. The molecule has 18 heavy (non-hydrogen) atoms. The van der Waals surface area contributed by atoms with Gasteiger partial charge in [-0.3, -0.25) is 0 Å². The molecular weight excluding hydrogens is 240 g/mol. The maximum atomic E-state index is 13.2. The summed E-state index contributed by atoms with van der Waals surface area (Å²) in [6.45, 7) is 3.08. The lowest BCUT2D eigenvalue weighted by Gasteiger charge is -2.06. The minimum absolute atomic E-state index is 0.349. The van der Waals surface area contributed by atoms with E-state index in [1.807, 2.05) is 0 Å². The molecule has 0 amide bonds. The lowest BCUT2D eigenvalue weighted by atomic mass is 10.1. The molecule has 0 bridgehead atoms. The second kappa shape index (κ2) is 8.97. The third-order valence-corrected chi connectivity index (χ3v) is 2.43. The van der Waals surface area contributed by atoms with Gasteiger partial charge in [-0.15, -0.1) is 0 Å². The van der Waals surface area contributed by atoms with Crippen molar-refractivity contribution in [1.29, 1.82) is 0 Å². The molecule has 3 nitrogen and oxygen atoms in total. The highest BCUT2D eigenvalue weighted by atomic mass is 19.1. The number of hydrogen-bond acceptors (Lipinski definition) is 3. The standard InChI is InChI=1S/C13H19F2NO2/c1-17-8-5-16-6-9-18-7-4-11-10-12(14)2-3-13(11)15/h2-3,10,16H,4-9H2,1H3. The van der Waals surface area contributed by atoms with Gasteiger partial charge in [0.15, 0.2) is 0 Å². The molecule has 0 radical (unpaired) electrons. The van der Waals surface area contributed by atoms with Crippen LogP contribution < -0.4 is 5.32 Å². The average Bonchev–Trinajstić information content (AvgIpc) is 2.36. The summed E-state index contributed by atoms with van der Waals surface area (Å²) < 4.78 is 36.3. The highest BCUT2D eigenvalue weighted by molar-refractivity contribution is 5.18. The highest BCUT2D eigenvalue weighted by Gasteiger charge is 2.03. The monoisotopic (exact) mass is 259 g/mol. The van der Waals surface area contributed by atoms with Gasteiger partial charge in [0.1, 0.15) is 11.6 Å². The molecule has 1 aromatic rings. The van der Waals surface area contributed by atoms with Gasteiger partial charge in [0.25, 0.3) is 0 Å². The van der Waals surface area contributed by atoms with Crippen molar-refractivity contribution in [3.63, 3.8) is 0 Å². The molecule has 1 aromatic carbocycles. The smallest absolute Gasteiger partial charge is 0.126 e. The predicted octanol–water partition coefficient (Wildman–Crippen LogP) is 1.76. The lowest BCUT2D eigenvalue weighted by molar-refractivity contribution is 0.134. The minimum atomic E-state index is -0.423. The molecule has 0 fully saturated rings. The van der Waals surface area contributed by atoms with Crippen LogP contribution in [0.2, 0.25) is 0 Å². The van der Waals surface area contributed by atoms with Gasteiger partial charge in [0.05, 0.1) is 19.8 Å². The average molecular weight is 259 g/mol. The van der Waals surface area contributed by atoms with E-state index in [0.29, 0.717) is 31.8 Å². The maximum absolute atomic E-state index is 13.2. The summed E-state index contributed by atoms with van der Waals surface area (Å²) in [5.41, 5.74) is 0.349. The number of halogens is 2. The zero-order valence-electron chi connectivity index (χ0n) is 10.5. The quantitative estimate of drug-likeness (QED) is 0.685. The van der Waals surface area contributed by atoms with Gasteiger partial charge in [-0.25, -0.2) is 8.78 Å². The van der Waals surface area contributed by atoms with Gasteiger partial charge in [0.2, 0.25) is 0 Å². The van der Waals surface area contributed by atoms with E-state index in [2.05, 4.69) is 5.32 Å². The van der Waals surface area contributed by atoms with Crippen LogP contribution in [0.5, 0.6) is 0 Å². The Morgan fingerprint density at radius 1 is 1.11 bits per heavy atom. The van der Waals surface area contributed by atoms with E-state index in [4.69, 9.17) is 9.47 Å². The fraction of sp³-hybridized carbons (Fsp3) is 0.538. The molecule has 0 aliphatic carbocycles. The predicted molar refractivity (Wildman–Crippen MR) is 65.6 cm³/mol. The van der Waals surface area contributed by atoms with Gasteiger partial charge < -0.3 is 14.8 Å². The van der Waals surface area contributed by atoms with Gasteiger partial charge in [-0.1, -0.05) is 0 Å². The van der Waals surface area contributed by atoms with Crippen molar-refractivity contribution in [3.05, 3.63) is 35.4 Å². The van der Waals surface area contributed by atoms with E-state index >= 15 is 0 Å². The molecule has 0 unspecified atom stereocenters. The fourth-order valence-corrected chi connectivity index (χ4v) is 1.46. The second-order valence-corrected chi connectivity index (χ2v) is 3.84. The van der Waals surface area contributed by atoms with Crippen molar-refractivity contribution in [3.8, 4) is 0 Å². The molecule has 1 rings (SSSR count). The van der Waals surface area contributed by atoms with Gasteiger partial charge in [-0.2, -0.15) is 0 Å². The molecular formula is C13H19F2NO2. The first-order chi connectivity index (χ1) is 8.74. The Morgan fingerprint density at radius 2 is 1.89 bits per heavy atom. The fourth-order valence-electron chi connectivity index (χ4n) is 1.46. The van der Waals surface area contributed by atoms with E-state index in [1.165, 1.54) is 6.07 Å². The largest absolute Gasteiger partial charge is 0.383 e. The molecule has 1 N–H and O–H groups in total. The number of rotatable bonds is 9. The molecule has 0 spiro atoms. The first-order valence-corrected chi connectivity index (χ1v) is 5.95. The lowest BCUT2D eigenvalue weighted by Crippen LogP contribution is -2.23. The number of nitrogens with one attached hydrogen (secondary N) is 1. The summed E-state index contributed by atoms with van der Waals surface area (Å²) in [6.07, 6.45) is 0.377. The van der Waals surface area contributed by atoms with Crippen LogP contribution in [0.15, 0.2) is 18.2 Å². The maximum Gasteiger partial charge on any atom is 0.126 e. The number of benzene rings is 1. The van der Waals surface area contributed by atoms with E-state index < -0.39 is 11.6 Å². The van der Waals surface area contributed by atoms with Crippen molar-refractivity contribution < 1.29 is 18.3 Å². The molecule has 0 saturated carbocycles. The van der Waals surface area contributed by atoms with E-state index in [1.54, 1.807) is 7.11 Å². The molecule has 0 aromatic heterocycles. The molecule has 0 aliphatic heterocycles. The van der Waals surface area contributed by atoms with Crippen molar-refractivity contribution >= 4 is 0 Å². The summed E-state index contributed by atoms with van der Waals surface area (Å²) in [5.74, 6) is -0.814. The summed E-state index contributed by atoms with van der Waals surface area (Å²) in [6, 6.07) is 3.45. The van der Waals surface area contributed by atoms with Crippen molar-refractivity contribution in [2.24, 2.45) is 0 Å². The molecule has 102 valence electrons. The first-order valence-electron chi connectivity index (χ1n) is 5.95. The molecule has 0 aliphatic rings. The Bertz CT molecular complexity index is 348. The van der Waals surface area contributed by atoms with Crippen LogP contribution in [0, 0.1) is 11.6 Å². The normalized spacial score (nSPS) is 10.8. The van der Waals surface area contributed by atoms with Crippen LogP contribution in [-0.4, -0.2) is 40.0 Å². The van der Waals surface area contributed by atoms with Crippen LogP contribution in [0.1, 0.15) is 5.56 Å². The van der Waals surface area contributed by atoms with Crippen molar-refractivity contribution in [2.75, 3.05) is 40.0 Å². The zero-order valence-corrected chi connectivity index (χ0v) is 10.5. The third kappa shape index (κ3) is 6.05. The van der Waals surface area contributed by atoms with E-state index in [9.17, 15) is 8.78 Å². The van der Waals surface area contributed by atoms with E-state index in [0.717, 1.165) is 25.2 Å². The Morgan fingerprint density at radius 3 is 2.67 bits per heavy atom.